The molecule has 1 amide bonds. The molecular weight excluding hydrogens is 448 g/mol. The second kappa shape index (κ2) is 10.8. The lowest BCUT2D eigenvalue weighted by molar-refractivity contribution is -0.140. The average molecular weight is 481 g/mol. The summed E-state index contributed by atoms with van der Waals surface area (Å²) in [5, 5.41) is 11.3. The molecule has 1 saturated heterocycles. The van der Waals surface area contributed by atoms with E-state index < -0.39 is 17.7 Å². The van der Waals surface area contributed by atoms with Crippen LogP contribution in [0.4, 0.5) is 0 Å². The third kappa shape index (κ3) is 4.98. The van der Waals surface area contributed by atoms with Crippen molar-refractivity contribution in [3.8, 4) is 17.2 Å². The van der Waals surface area contributed by atoms with Crippen LogP contribution in [0.3, 0.4) is 0 Å². The van der Waals surface area contributed by atoms with E-state index in [2.05, 4.69) is 18.7 Å². The number of carbonyl (C=O) groups is 2. The third-order valence-electron chi connectivity index (χ3n) is 6.55. The first kappa shape index (κ1) is 24.6. The van der Waals surface area contributed by atoms with Crippen LogP contribution in [-0.4, -0.2) is 73.1 Å². The van der Waals surface area contributed by atoms with Gasteiger partial charge in [0.2, 0.25) is 0 Å². The lowest BCUT2D eigenvalue weighted by Gasteiger charge is -2.27. The van der Waals surface area contributed by atoms with Gasteiger partial charge in [0.05, 0.1) is 18.7 Å². The third-order valence-corrected chi connectivity index (χ3v) is 6.55. The summed E-state index contributed by atoms with van der Waals surface area (Å²) in [4.78, 5) is 30.2. The van der Waals surface area contributed by atoms with Crippen molar-refractivity contribution in [1.82, 2.24) is 9.80 Å². The summed E-state index contributed by atoms with van der Waals surface area (Å²) in [6.45, 7) is 8.10. The van der Waals surface area contributed by atoms with Crippen molar-refractivity contribution in [1.29, 1.82) is 0 Å². The molecule has 0 aliphatic carbocycles. The van der Waals surface area contributed by atoms with Gasteiger partial charge in [0, 0.05) is 12.1 Å². The predicted molar refractivity (Wildman–Crippen MR) is 132 cm³/mol. The van der Waals surface area contributed by atoms with E-state index >= 15 is 0 Å². The van der Waals surface area contributed by atoms with Gasteiger partial charge in [-0.05, 0) is 62.0 Å². The number of aliphatic hydroxyl groups is 1. The van der Waals surface area contributed by atoms with Crippen molar-refractivity contribution >= 4 is 17.4 Å². The first-order valence-corrected chi connectivity index (χ1v) is 12.0. The van der Waals surface area contributed by atoms with Crippen molar-refractivity contribution in [2.24, 2.45) is 0 Å². The number of hydrogen-bond acceptors (Lipinski definition) is 7. The summed E-state index contributed by atoms with van der Waals surface area (Å²) < 4.78 is 16.5. The molecule has 8 nitrogen and oxygen atoms in total. The zero-order valence-corrected chi connectivity index (χ0v) is 20.5. The molecule has 1 atom stereocenters. The predicted octanol–water partition coefficient (Wildman–Crippen LogP) is 3.62. The average Bonchev–Trinajstić information content (AvgIpc) is 3.15. The number of ether oxygens (including phenoxy) is 3. The Morgan fingerprint density at radius 1 is 1.06 bits per heavy atom. The lowest BCUT2D eigenvalue weighted by atomic mass is 9.95. The molecule has 8 heteroatoms. The Morgan fingerprint density at radius 3 is 2.40 bits per heavy atom. The highest BCUT2D eigenvalue weighted by molar-refractivity contribution is 6.46. The van der Waals surface area contributed by atoms with Crippen LogP contribution in [0.15, 0.2) is 48.0 Å². The minimum atomic E-state index is -0.703. The van der Waals surface area contributed by atoms with Gasteiger partial charge in [-0.3, -0.25) is 9.59 Å². The number of likely N-dealkylation sites (tertiary alicyclic amines) is 1. The Balaban J connectivity index is 1.73. The van der Waals surface area contributed by atoms with Gasteiger partial charge in [0.1, 0.15) is 24.7 Å². The number of Topliss-reactive ketones (excluding diaryl/α,β-unsaturated/α-hetero) is 1. The van der Waals surface area contributed by atoms with Crippen molar-refractivity contribution in [2.45, 2.75) is 26.3 Å². The van der Waals surface area contributed by atoms with Gasteiger partial charge < -0.3 is 29.1 Å². The zero-order valence-electron chi connectivity index (χ0n) is 20.5. The normalized spacial score (nSPS) is 18.9. The van der Waals surface area contributed by atoms with Gasteiger partial charge in [-0.1, -0.05) is 26.0 Å². The molecule has 0 spiro atoms. The molecule has 2 aliphatic rings. The molecule has 35 heavy (non-hydrogen) atoms. The largest absolute Gasteiger partial charge is 0.507 e. The monoisotopic (exact) mass is 480 g/mol. The highest BCUT2D eigenvalue weighted by Gasteiger charge is 2.45. The van der Waals surface area contributed by atoms with E-state index in [0.717, 1.165) is 25.2 Å². The molecule has 0 unspecified atom stereocenters. The number of amides is 1. The van der Waals surface area contributed by atoms with Crippen LogP contribution in [0.25, 0.3) is 5.76 Å². The number of methoxy groups -OCH3 is 1. The molecule has 0 saturated carbocycles. The van der Waals surface area contributed by atoms with Crippen molar-refractivity contribution in [3.05, 3.63) is 59.2 Å². The highest BCUT2D eigenvalue weighted by atomic mass is 16.6. The molecular formula is C27H32N2O6. The molecule has 4 rings (SSSR count). The standard InChI is InChI=1S/C27H32N2O6/c1-4-28(5-2)13-6-14-29-24(18-7-10-20(33-3)11-8-18)23(26(31)27(29)32)25(30)19-9-12-21-22(17-19)35-16-15-34-21/h7-12,17,24,30H,4-6,13-16H2,1-3H3/b25-23+/t24-/m0/s1. The zero-order chi connectivity index (χ0) is 24.9. The molecule has 0 aromatic heterocycles. The van der Waals surface area contributed by atoms with Gasteiger partial charge in [-0.2, -0.15) is 0 Å². The summed E-state index contributed by atoms with van der Waals surface area (Å²) >= 11 is 0. The van der Waals surface area contributed by atoms with Crippen LogP contribution in [0.5, 0.6) is 17.2 Å². The lowest BCUT2D eigenvalue weighted by Crippen LogP contribution is -2.33. The maximum absolute atomic E-state index is 13.2. The summed E-state index contributed by atoms with van der Waals surface area (Å²) in [5.41, 5.74) is 1.19. The number of benzene rings is 2. The molecule has 2 aromatic carbocycles. The Bertz CT molecular complexity index is 1110. The fraction of sp³-hybridized carbons (Fsp3) is 0.407. The Kier molecular flexibility index (Phi) is 7.60. The van der Waals surface area contributed by atoms with E-state index in [1.54, 1.807) is 42.3 Å². The highest BCUT2D eigenvalue weighted by Crippen LogP contribution is 2.41. The Labute approximate surface area is 205 Å². The van der Waals surface area contributed by atoms with Crippen molar-refractivity contribution < 1.29 is 28.9 Å². The van der Waals surface area contributed by atoms with Gasteiger partial charge in [-0.15, -0.1) is 0 Å². The summed E-state index contributed by atoms with van der Waals surface area (Å²) in [6.07, 6.45) is 0.714. The topological polar surface area (TPSA) is 88.5 Å². The fourth-order valence-corrected chi connectivity index (χ4v) is 4.59. The van der Waals surface area contributed by atoms with Gasteiger partial charge >= 0.3 is 0 Å². The first-order valence-electron chi connectivity index (χ1n) is 12.0. The van der Waals surface area contributed by atoms with Gasteiger partial charge in [-0.25, -0.2) is 0 Å². The number of nitrogens with zero attached hydrogens (tertiary/aromatic N) is 2. The van der Waals surface area contributed by atoms with Crippen LogP contribution >= 0.6 is 0 Å². The minimum Gasteiger partial charge on any atom is -0.507 e. The number of ketones is 1. The van der Waals surface area contributed by atoms with E-state index in [0.29, 0.717) is 49.0 Å². The molecule has 2 aliphatic heterocycles. The molecule has 0 bridgehead atoms. The van der Waals surface area contributed by atoms with E-state index in [1.165, 1.54) is 0 Å². The number of fused-ring (bicyclic) bond motifs is 1. The quantitative estimate of drug-likeness (QED) is 0.333. The van der Waals surface area contributed by atoms with E-state index in [-0.39, 0.29) is 11.3 Å². The number of rotatable bonds is 9. The van der Waals surface area contributed by atoms with Crippen molar-refractivity contribution in [2.75, 3.05) is 46.5 Å². The summed E-state index contributed by atoms with van der Waals surface area (Å²) in [6, 6.07) is 11.5. The number of carbonyl (C=O) groups excluding carboxylic acids is 2. The van der Waals surface area contributed by atoms with Crippen LogP contribution in [0.1, 0.15) is 37.4 Å². The molecule has 1 N–H and O–H groups in total. The fourth-order valence-electron chi connectivity index (χ4n) is 4.59. The maximum Gasteiger partial charge on any atom is 0.295 e. The van der Waals surface area contributed by atoms with E-state index in [4.69, 9.17) is 14.2 Å². The van der Waals surface area contributed by atoms with Crippen LogP contribution in [0.2, 0.25) is 0 Å². The number of aliphatic hydroxyl groups excluding tert-OH is 1. The van der Waals surface area contributed by atoms with Crippen LogP contribution in [0, 0.1) is 0 Å². The van der Waals surface area contributed by atoms with Crippen LogP contribution < -0.4 is 14.2 Å². The minimum absolute atomic E-state index is 0.0692. The maximum atomic E-state index is 13.2. The van der Waals surface area contributed by atoms with E-state index in [1.807, 2.05) is 12.1 Å². The van der Waals surface area contributed by atoms with E-state index in [9.17, 15) is 14.7 Å². The van der Waals surface area contributed by atoms with Crippen molar-refractivity contribution in [3.63, 3.8) is 0 Å². The molecule has 186 valence electrons. The molecule has 0 radical (unpaired) electrons. The Morgan fingerprint density at radius 2 is 1.74 bits per heavy atom. The molecule has 2 aromatic rings. The summed E-state index contributed by atoms with van der Waals surface area (Å²) in [5.74, 6) is 0.211. The second-order valence-electron chi connectivity index (χ2n) is 8.50. The molecule has 2 heterocycles. The first-order chi connectivity index (χ1) is 17.0. The van der Waals surface area contributed by atoms with Gasteiger partial charge in [0.25, 0.3) is 11.7 Å². The number of hydrogen-bond donors (Lipinski definition) is 1. The smallest absolute Gasteiger partial charge is 0.295 e. The Hall–Kier alpha value is -3.52. The van der Waals surface area contributed by atoms with Gasteiger partial charge in [0.15, 0.2) is 11.5 Å². The SMILES string of the molecule is CCN(CC)CCCN1C(=O)C(=O)/C(=C(/O)c2ccc3c(c2)OCCO3)[C@@H]1c1ccc(OC)cc1. The van der Waals surface area contributed by atoms with Crippen LogP contribution in [-0.2, 0) is 9.59 Å². The molecule has 1 fully saturated rings. The summed E-state index contributed by atoms with van der Waals surface area (Å²) in [7, 11) is 1.58. The second-order valence-corrected chi connectivity index (χ2v) is 8.50.